The first kappa shape index (κ1) is 22.8. The van der Waals surface area contributed by atoms with Crippen molar-refractivity contribution in [2.75, 3.05) is 37.9 Å². The van der Waals surface area contributed by atoms with Crippen molar-refractivity contribution in [2.45, 2.75) is 29.8 Å². The van der Waals surface area contributed by atoms with Crippen LogP contribution in [0.5, 0.6) is 0 Å². The molecule has 0 spiro atoms. The molecule has 7 nitrogen and oxygen atoms in total. The van der Waals surface area contributed by atoms with E-state index in [1.165, 1.54) is 24.8 Å². The second kappa shape index (κ2) is 10.4. The maximum atomic E-state index is 12.9. The molecule has 0 radical (unpaired) electrons. The monoisotopic (exact) mass is 449 g/mol. The molecule has 1 heterocycles. The molecule has 1 saturated heterocycles. The molecule has 0 atom stereocenters. The Kier molecular flexibility index (Phi) is 7.90. The van der Waals surface area contributed by atoms with Crippen LogP contribution >= 0.6 is 11.8 Å². The van der Waals surface area contributed by atoms with Crippen LogP contribution in [-0.4, -0.2) is 51.8 Å². The SMILES string of the molecule is CSc1ccc(S(=O)(=O)NCc2ccccc2CN2CCOCC2)cc1NC(C)=O. The molecule has 0 bridgehead atoms. The molecular weight excluding hydrogens is 422 g/mol. The minimum atomic E-state index is -3.74. The smallest absolute Gasteiger partial charge is 0.240 e. The molecule has 0 aliphatic carbocycles. The van der Waals surface area contributed by atoms with Crippen LogP contribution in [0, 0.1) is 0 Å². The lowest BCUT2D eigenvalue weighted by molar-refractivity contribution is -0.114. The van der Waals surface area contributed by atoms with Gasteiger partial charge in [0.25, 0.3) is 0 Å². The van der Waals surface area contributed by atoms with Crippen LogP contribution in [0.2, 0.25) is 0 Å². The number of nitrogens with one attached hydrogen (secondary N) is 2. The number of carbonyl (C=O) groups excluding carboxylic acids is 1. The predicted octanol–water partition coefficient (Wildman–Crippen LogP) is 2.68. The Morgan fingerprint density at radius 1 is 1.13 bits per heavy atom. The lowest BCUT2D eigenvalue weighted by Gasteiger charge is -2.27. The highest BCUT2D eigenvalue weighted by molar-refractivity contribution is 7.98. The summed E-state index contributed by atoms with van der Waals surface area (Å²) in [7, 11) is -3.74. The average Bonchev–Trinajstić information content (AvgIpc) is 2.73. The summed E-state index contributed by atoms with van der Waals surface area (Å²) < 4.78 is 33.9. The third-order valence-electron chi connectivity index (χ3n) is 4.86. The third-order valence-corrected chi connectivity index (χ3v) is 7.06. The van der Waals surface area contributed by atoms with Crippen LogP contribution in [-0.2, 0) is 32.6 Å². The molecule has 2 aromatic carbocycles. The summed E-state index contributed by atoms with van der Waals surface area (Å²) in [4.78, 5) is 14.7. The Morgan fingerprint density at radius 3 is 2.50 bits per heavy atom. The molecule has 0 unspecified atom stereocenters. The van der Waals surface area contributed by atoms with Gasteiger partial charge in [0, 0.05) is 38.0 Å². The predicted molar refractivity (Wildman–Crippen MR) is 119 cm³/mol. The fourth-order valence-electron chi connectivity index (χ4n) is 3.28. The van der Waals surface area contributed by atoms with Crippen molar-refractivity contribution in [1.82, 2.24) is 9.62 Å². The number of benzene rings is 2. The van der Waals surface area contributed by atoms with Gasteiger partial charge in [-0.2, -0.15) is 0 Å². The van der Waals surface area contributed by atoms with Crippen LogP contribution in [0.3, 0.4) is 0 Å². The second-order valence-electron chi connectivity index (χ2n) is 7.03. The number of nitrogens with zero attached hydrogens (tertiary/aromatic N) is 1. The average molecular weight is 450 g/mol. The van der Waals surface area contributed by atoms with Crippen molar-refractivity contribution in [3.05, 3.63) is 53.6 Å². The second-order valence-corrected chi connectivity index (χ2v) is 9.64. The number of rotatable bonds is 8. The maximum absolute atomic E-state index is 12.9. The van der Waals surface area contributed by atoms with Gasteiger partial charge in [0.05, 0.1) is 23.8 Å². The summed E-state index contributed by atoms with van der Waals surface area (Å²) in [6, 6.07) is 12.6. The standard InChI is InChI=1S/C21H27N3O4S2/c1-16(25)23-20-13-19(7-8-21(20)29-2)30(26,27)22-14-17-5-3-4-6-18(17)15-24-9-11-28-12-10-24/h3-8,13,22H,9-12,14-15H2,1-2H3,(H,23,25). The molecule has 1 aliphatic rings. The molecule has 2 N–H and O–H groups in total. The van der Waals surface area contributed by atoms with Crippen molar-refractivity contribution in [2.24, 2.45) is 0 Å². The van der Waals surface area contributed by atoms with E-state index in [-0.39, 0.29) is 17.3 Å². The largest absolute Gasteiger partial charge is 0.379 e. The highest BCUT2D eigenvalue weighted by atomic mass is 32.2. The fraction of sp³-hybridized carbons (Fsp3) is 0.381. The lowest BCUT2D eigenvalue weighted by Crippen LogP contribution is -2.36. The molecule has 1 amide bonds. The van der Waals surface area contributed by atoms with Gasteiger partial charge in [-0.1, -0.05) is 24.3 Å². The van der Waals surface area contributed by atoms with E-state index in [4.69, 9.17) is 4.74 Å². The van der Waals surface area contributed by atoms with Crippen LogP contribution in [0.1, 0.15) is 18.1 Å². The van der Waals surface area contributed by atoms with Crippen LogP contribution in [0.4, 0.5) is 5.69 Å². The number of carbonyl (C=O) groups is 1. The molecule has 30 heavy (non-hydrogen) atoms. The summed E-state index contributed by atoms with van der Waals surface area (Å²) >= 11 is 1.44. The lowest BCUT2D eigenvalue weighted by atomic mass is 10.1. The number of sulfonamides is 1. The molecule has 3 rings (SSSR count). The molecule has 0 saturated carbocycles. The molecule has 1 fully saturated rings. The summed E-state index contributed by atoms with van der Waals surface area (Å²) in [6.45, 7) is 5.53. The Bertz CT molecular complexity index is 989. The molecule has 9 heteroatoms. The van der Waals surface area contributed by atoms with Gasteiger partial charge in [-0.05, 0) is 35.6 Å². The first-order valence-electron chi connectivity index (χ1n) is 9.71. The summed E-state index contributed by atoms with van der Waals surface area (Å²) in [5.41, 5.74) is 2.53. The quantitative estimate of drug-likeness (QED) is 0.603. The van der Waals surface area contributed by atoms with Gasteiger partial charge in [-0.25, -0.2) is 13.1 Å². The maximum Gasteiger partial charge on any atom is 0.240 e. The minimum Gasteiger partial charge on any atom is -0.379 e. The molecule has 2 aromatic rings. The topological polar surface area (TPSA) is 87.7 Å². The first-order chi connectivity index (χ1) is 14.4. The molecule has 1 aliphatic heterocycles. The fourth-order valence-corrected chi connectivity index (χ4v) is 4.85. The zero-order valence-corrected chi connectivity index (χ0v) is 18.8. The number of anilines is 1. The highest BCUT2D eigenvalue weighted by Gasteiger charge is 2.18. The number of morpholine rings is 1. The van der Waals surface area contributed by atoms with E-state index in [9.17, 15) is 13.2 Å². The van der Waals surface area contributed by atoms with Crippen molar-refractivity contribution >= 4 is 33.4 Å². The normalized spacial score (nSPS) is 15.1. The Labute approximate surface area is 182 Å². The van der Waals surface area contributed by atoms with Gasteiger partial charge in [0.2, 0.25) is 15.9 Å². The third kappa shape index (κ3) is 6.05. The van der Waals surface area contributed by atoms with E-state index >= 15 is 0 Å². The Hall–Kier alpha value is -1.91. The van der Waals surface area contributed by atoms with Crippen molar-refractivity contribution in [3.63, 3.8) is 0 Å². The van der Waals surface area contributed by atoms with Crippen LogP contribution in [0.15, 0.2) is 52.3 Å². The van der Waals surface area contributed by atoms with Gasteiger partial charge in [0.15, 0.2) is 0 Å². The van der Waals surface area contributed by atoms with E-state index in [2.05, 4.69) is 14.9 Å². The minimum absolute atomic E-state index is 0.120. The number of ether oxygens (including phenoxy) is 1. The molecular formula is C21H27N3O4S2. The zero-order valence-electron chi connectivity index (χ0n) is 17.2. The van der Waals surface area contributed by atoms with Crippen molar-refractivity contribution in [3.8, 4) is 0 Å². The van der Waals surface area contributed by atoms with Crippen molar-refractivity contribution in [1.29, 1.82) is 0 Å². The molecule has 0 aromatic heterocycles. The highest BCUT2D eigenvalue weighted by Crippen LogP contribution is 2.28. The first-order valence-corrected chi connectivity index (χ1v) is 12.4. The summed E-state index contributed by atoms with van der Waals surface area (Å²) in [5.74, 6) is -0.246. The Morgan fingerprint density at radius 2 is 1.83 bits per heavy atom. The van der Waals surface area contributed by atoms with E-state index in [0.717, 1.165) is 48.9 Å². The van der Waals surface area contributed by atoms with E-state index in [1.54, 1.807) is 12.1 Å². The van der Waals surface area contributed by atoms with E-state index in [0.29, 0.717) is 5.69 Å². The van der Waals surface area contributed by atoms with Crippen molar-refractivity contribution < 1.29 is 17.9 Å². The van der Waals surface area contributed by atoms with Gasteiger partial charge in [0.1, 0.15) is 0 Å². The zero-order chi connectivity index (χ0) is 21.6. The number of thioether (sulfide) groups is 1. The van der Waals surface area contributed by atoms with Gasteiger partial charge >= 0.3 is 0 Å². The molecule has 162 valence electrons. The van der Waals surface area contributed by atoms with Crippen LogP contribution in [0.25, 0.3) is 0 Å². The van der Waals surface area contributed by atoms with Crippen LogP contribution < -0.4 is 10.0 Å². The van der Waals surface area contributed by atoms with E-state index in [1.807, 2.05) is 30.5 Å². The van der Waals surface area contributed by atoms with Gasteiger partial charge < -0.3 is 10.1 Å². The van der Waals surface area contributed by atoms with Gasteiger partial charge in [-0.15, -0.1) is 11.8 Å². The number of hydrogen-bond acceptors (Lipinski definition) is 6. The summed E-state index contributed by atoms with van der Waals surface area (Å²) in [5, 5.41) is 2.70. The summed E-state index contributed by atoms with van der Waals surface area (Å²) in [6.07, 6.45) is 1.87. The van der Waals surface area contributed by atoms with Gasteiger partial charge in [-0.3, -0.25) is 9.69 Å². The number of hydrogen-bond donors (Lipinski definition) is 2. The Balaban J connectivity index is 1.74. The number of amides is 1. The van der Waals surface area contributed by atoms with E-state index < -0.39 is 10.0 Å².